The van der Waals surface area contributed by atoms with Gasteiger partial charge in [-0.3, -0.25) is 4.98 Å². The average Bonchev–Trinajstić information content (AvgIpc) is 2.61. The SMILES string of the molecule is CC(Nc1nc(=O)n(C2CCOCC2)c(=O)[nH]1)c1ccc(C(F)(F)F)cc1. The fraction of sp³-hybridized carbons (Fsp3) is 0.471. The first-order valence-electron chi connectivity index (χ1n) is 8.50. The van der Waals surface area contributed by atoms with Gasteiger partial charge in [0.15, 0.2) is 0 Å². The quantitative estimate of drug-likeness (QED) is 0.846. The van der Waals surface area contributed by atoms with Gasteiger partial charge < -0.3 is 10.1 Å². The van der Waals surface area contributed by atoms with Crippen molar-refractivity contribution in [1.29, 1.82) is 0 Å². The third-order valence-corrected chi connectivity index (χ3v) is 4.50. The number of nitrogens with zero attached hydrogens (tertiary/aromatic N) is 2. The molecule has 1 unspecified atom stereocenters. The number of nitrogens with one attached hydrogen (secondary N) is 2. The molecule has 27 heavy (non-hydrogen) atoms. The van der Waals surface area contributed by atoms with Crippen LogP contribution in [-0.2, 0) is 10.9 Å². The van der Waals surface area contributed by atoms with Crippen LogP contribution in [0.5, 0.6) is 0 Å². The number of benzene rings is 1. The number of hydrogen-bond acceptors (Lipinski definition) is 5. The predicted octanol–water partition coefficient (Wildman–Crippen LogP) is 2.48. The molecule has 146 valence electrons. The third-order valence-electron chi connectivity index (χ3n) is 4.50. The number of hydrogen-bond donors (Lipinski definition) is 2. The molecule has 10 heteroatoms. The van der Waals surface area contributed by atoms with Gasteiger partial charge in [-0.05, 0) is 37.5 Å². The van der Waals surface area contributed by atoms with Gasteiger partial charge in [-0.1, -0.05) is 12.1 Å². The van der Waals surface area contributed by atoms with E-state index >= 15 is 0 Å². The van der Waals surface area contributed by atoms with Crippen LogP contribution >= 0.6 is 0 Å². The molecule has 7 nitrogen and oxygen atoms in total. The summed E-state index contributed by atoms with van der Waals surface area (Å²) in [5.74, 6) is -0.0271. The minimum Gasteiger partial charge on any atom is -0.381 e. The van der Waals surface area contributed by atoms with Gasteiger partial charge in [-0.15, -0.1) is 0 Å². The maximum Gasteiger partial charge on any atom is 0.416 e. The topological polar surface area (TPSA) is 89.0 Å². The van der Waals surface area contributed by atoms with E-state index in [4.69, 9.17) is 4.74 Å². The lowest BCUT2D eigenvalue weighted by molar-refractivity contribution is -0.137. The van der Waals surface area contributed by atoms with Gasteiger partial charge in [-0.2, -0.15) is 18.2 Å². The van der Waals surface area contributed by atoms with E-state index < -0.39 is 29.2 Å². The Morgan fingerprint density at radius 3 is 2.41 bits per heavy atom. The Labute approximate surface area is 152 Å². The first kappa shape index (κ1) is 19.2. The molecule has 0 saturated carbocycles. The molecule has 1 aliphatic rings. The summed E-state index contributed by atoms with van der Waals surface area (Å²) in [5.41, 5.74) is -1.44. The van der Waals surface area contributed by atoms with E-state index in [1.807, 2.05) is 0 Å². The standard InChI is InChI=1S/C17H19F3N4O3/c1-10(11-2-4-12(5-3-11)17(18,19)20)21-14-22-15(25)24(16(26)23-14)13-6-8-27-9-7-13/h2-5,10,13H,6-9H2,1H3,(H2,21,22,23,25,26). The molecule has 1 aromatic heterocycles. The molecule has 3 rings (SSSR count). The molecular weight excluding hydrogens is 365 g/mol. The largest absolute Gasteiger partial charge is 0.416 e. The molecule has 1 saturated heterocycles. The van der Waals surface area contributed by atoms with Gasteiger partial charge >= 0.3 is 17.6 Å². The summed E-state index contributed by atoms with van der Waals surface area (Å²) in [7, 11) is 0. The maximum absolute atomic E-state index is 12.6. The highest BCUT2D eigenvalue weighted by molar-refractivity contribution is 5.32. The van der Waals surface area contributed by atoms with E-state index in [9.17, 15) is 22.8 Å². The minimum absolute atomic E-state index is 0.0271. The Balaban J connectivity index is 1.77. The second-order valence-corrected chi connectivity index (χ2v) is 6.37. The van der Waals surface area contributed by atoms with Gasteiger partial charge in [-0.25, -0.2) is 14.2 Å². The van der Waals surface area contributed by atoms with Crippen LogP contribution in [0.15, 0.2) is 33.9 Å². The van der Waals surface area contributed by atoms with Crippen molar-refractivity contribution in [3.63, 3.8) is 0 Å². The highest BCUT2D eigenvalue weighted by Gasteiger charge is 2.30. The number of alkyl halides is 3. The lowest BCUT2D eigenvalue weighted by Crippen LogP contribution is -2.42. The summed E-state index contributed by atoms with van der Waals surface area (Å²) in [5, 5.41) is 2.84. The van der Waals surface area contributed by atoms with Crippen LogP contribution < -0.4 is 16.7 Å². The Bertz CT molecular complexity index is 868. The average molecular weight is 384 g/mol. The molecule has 0 spiro atoms. The van der Waals surface area contributed by atoms with Gasteiger partial charge in [0.2, 0.25) is 5.95 Å². The van der Waals surface area contributed by atoms with Crippen molar-refractivity contribution in [3.05, 3.63) is 56.4 Å². The number of halogens is 3. The molecule has 2 heterocycles. The third kappa shape index (κ3) is 4.38. The molecule has 2 N–H and O–H groups in total. The molecule has 0 radical (unpaired) electrons. The Morgan fingerprint density at radius 1 is 1.22 bits per heavy atom. The zero-order chi connectivity index (χ0) is 19.6. The summed E-state index contributed by atoms with van der Waals surface area (Å²) in [6.45, 7) is 2.63. The summed E-state index contributed by atoms with van der Waals surface area (Å²) in [4.78, 5) is 30.9. The molecule has 1 aliphatic heterocycles. The Hall–Kier alpha value is -2.62. The molecule has 0 amide bonds. The molecule has 1 aromatic carbocycles. The number of anilines is 1. The van der Waals surface area contributed by atoms with Gasteiger partial charge in [0, 0.05) is 19.3 Å². The van der Waals surface area contributed by atoms with Crippen molar-refractivity contribution < 1.29 is 17.9 Å². The van der Waals surface area contributed by atoms with Crippen molar-refractivity contribution in [2.75, 3.05) is 18.5 Å². The first-order valence-corrected chi connectivity index (χ1v) is 8.50. The lowest BCUT2D eigenvalue weighted by atomic mass is 10.1. The molecular formula is C17H19F3N4O3. The smallest absolute Gasteiger partial charge is 0.381 e. The maximum atomic E-state index is 12.6. The summed E-state index contributed by atoms with van der Waals surface area (Å²) in [6.07, 6.45) is -3.30. The van der Waals surface area contributed by atoms with Crippen LogP contribution in [0.1, 0.15) is 43.0 Å². The van der Waals surface area contributed by atoms with E-state index in [0.717, 1.165) is 16.7 Å². The van der Waals surface area contributed by atoms with Crippen LogP contribution in [0.4, 0.5) is 19.1 Å². The van der Waals surface area contributed by atoms with E-state index in [0.29, 0.717) is 31.6 Å². The molecule has 2 aromatic rings. The molecule has 0 bridgehead atoms. The predicted molar refractivity (Wildman–Crippen MR) is 91.7 cm³/mol. The summed E-state index contributed by atoms with van der Waals surface area (Å²) >= 11 is 0. The minimum atomic E-state index is -4.41. The number of aromatic amines is 1. The van der Waals surface area contributed by atoms with Crippen LogP contribution in [0.25, 0.3) is 0 Å². The molecule has 0 aliphatic carbocycles. The number of aromatic nitrogens is 3. The van der Waals surface area contributed by atoms with Gasteiger partial charge in [0.1, 0.15) is 0 Å². The summed E-state index contributed by atoms with van der Waals surface area (Å²) < 4.78 is 44.2. The second kappa shape index (κ2) is 7.55. The van der Waals surface area contributed by atoms with Gasteiger partial charge in [0.25, 0.3) is 0 Å². The van der Waals surface area contributed by atoms with Crippen LogP contribution in [0, 0.1) is 0 Å². The number of H-pyrrole nitrogens is 1. The molecule has 1 atom stereocenters. The first-order chi connectivity index (χ1) is 12.8. The van der Waals surface area contributed by atoms with Crippen molar-refractivity contribution in [2.45, 2.75) is 38.0 Å². The van der Waals surface area contributed by atoms with Crippen LogP contribution in [0.3, 0.4) is 0 Å². The highest BCUT2D eigenvalue weighted by Crippen LogP contribution is 2.30. The lowest BCUT2D eigenvalue weighted by Gasteiger charge is -2.23. The van der Waals surface area contributed by atoms with Crippen LogP contribution in [-0.4, -0.2) is 27.7 Å². The van der Waals surface area contributed by atoms with E-state index in [1.54, 1.807) is 6.92 Å². The Kier molecular flexibility index (Phi) is 5.36. The number of rotatable bonds is 4. The van der Waals surface area contributed by atoms with Gasteiger partial charge in [0.05, 0.1) is 11.6 Å². The monoisotopic (exact) mass is 384 g/mol. The fourth-order valence-electron chi connectivity index (χ4n) is 3.01. The van der Waals surface area contributed by atoms with Crippen molar-refractivity contribution in [3.8, 4) is 0 Å². The Morgan fingerprint density at radius 2 is 1.85 bits per heavy atom. The van der Waals surface area contributed by atoms with Crippen molar-refractivity contribution >= 4 is 5.95 Å². The zero-order valence-corrected chi connectivity index (χ0v) is 14.5. The molecule has 1 fully saturated rings. The van der Waals surface area contributed by atoms with E-state index in [-0.39, 0.29) is 12.0 Å². The normalized spacial score (nSPS) is 16.9. The van der Waals surface area contributed by atoms with Crippen molar-refractivity contribution in [1.82, 2.24) is 14.5 Å². The zero-order valence-electron chi connectivity index (χ0n) is 14.5. The highest BCUT2D eigenvalue weighted by atomic mass is 19.4. The van der Waals surface area contributed by atoms with Crippen molar-refractivity contribution in [2.24, 2.45) is 0 Å². The van der Waals surface area contributed by atoms with E-state index in [1.165, 1.54) is 12.1 Å². The number of ether oxygens (including phenoxy) is 1. The fourth-order valence-corrected chi connectivity index (χ4v) is 3.01. The van der Waals surface area contributed by atoms with E-state index in [2.05, 4.69) is 15.3 Å². The van der Waals surface area contributed by atoms with Crippen LogP contribution in [0.2, 0.25) is 0 Å². The summed E-state index contributed by atoms with van der Waals surface area (Å²) in [6, 6.07) is 3.90. The second-order valence-electron chi connectivity index (χ2n) is 6.37.